The lowest BCUT2D eigenvalue weighted by Crippen LogP contribution is -2.57. The number of carbonyl (C=O) groups excluding carboxylic acids is 3. The summed E-state index contributed by atoms with van der Waals surface area (Å²) in [6.45, 7) is 3.07. The van der Waals surface area contributed by atoms with Crippen molar-refractivity contribution in [1.82, 2.24) is 16.0 Å². The molecule has 0 saturated carbocycles. The van der Waals surface area contributed by atoms with Gasteiger partial charge >= 0.3 is 5.97 Å². The van der Waals surface area contributed by atoms with E-state index >= 15 is 0 Å². The number of carbonyl (C=O) groups is 4. The number of phenolic OH excluding ortho intramolecular Hbond substituents is 2. The van der Waals surface area contributed by atoms with Gasteiger partial charge in [0.15, 0.2) is 0 Å². The van der Waals surface area contributed by atoms with Crippen LogP contribution in [0.3, 0.4) is 0 Å². The fourth-order valence-corrected chi connectivity index (χ4v) is 3.49. The molecular formula is C26H34N4O7. The maximum absolute atomic E-state index is 13.4. The van der Waals surface area contributed by atoms with E-state index in [0.717, 1.165) is 0 Å². The van der Waals surface area contributed by atoms with Crippen LogP contribution in [0.5, 0.6) is 11.5 Å². The molecule has 0 fully saturated rings. The number of benzene rings is 2. The third-order valence-corrected chi connectivity index (χ3v) is 5.99. The van der Waals surface area contributed by atoms with E-state index in [0.29, 0.717) is 17.5 Å². The highest BCUT2D eigenvalue weighted by Gasteiger charge is 2.30. The van der Waals surface area contributed by atoms with Gasteiger partial charge in [-0.15, -0.1) is 0 Å². The Labute approximate surface area is 215 Å². The molecule has 0 saturated heterocycles. The van der Waals surface area contributed by atoms with Crippen LogP contribution in [0.4, 0.5) is 0 Å². The summed E-state index contributed by atoms with van der Waals surface area (Å²) in [6.07, 6.45) is 0.708. The second-order valence-corrected chi connectivity index (χ2v) is 8.89. The lowest BCUT2D eigenvalue weighted by molar-refractivity contribution is -0.138. The minimum absolute atomic E-state index is 0.00370. The molecule has 0 aliphatic carbocycles. The molecule has 0 radical (unpaired) electrons. The number of nitrogens with two attached hydrogens (primary N) is 1. The minimum atomic E-state index is -1.25. The normalized spacial score (nSPS) is 14.0. The maximum atomic E-state index is 13.4. The molecule has 2 rings (SSSR count). The van der Waals surface area contributed by atoms with Crippen LogP contribution in [0.2, 0.25) is 0 Å². The molecule has 0 bridgehead atoms. The summed E-state index contributed by atoms with van der Waals surface area (Å²) >= 11 is 0. The summed E-state index contributed by atoms with van der Waals surface area (Å²) < 4.78 is 0. The summed E-state index contributed by atoms with van der Waals surface area (Å²) in [5.41, 5.74) is 7.29. The van der Waals surface area contributed by atoms with Gasteiger partial charge in [0.2, 0.25) is 17.7 Å². The number of aliphatic carboxylic acids is 1. The molecule has 11 nitrogen and oxygen atoms in total. The summed E-state index contributed by atoms with van der Waals surface area (Å²) in [6, 6.07) is 8.95. The SMILES string of the molecule is CCC(C)C(N)C(=O)NC(Cc1ccc(O)cc1)C(=O)NC(Cc1ccc(O)cc1)C(=O)NCC(=O)O. The minimum Gasteiger partial charge on any atom is -0.508 e. The van der Waals surface area contributed by atoms with Gasteiger partial charge in [-0.25, -0.2) is 0 Å². The Morgan fingerprint density at radius 3 is 1.65 bits per heavy atom. The molecule has 2 aromatic rings. The predicted molar refractivity (Wildman–Crippen MR) is 136 cm³/mol. The number of amides is 3. The van der Waals surface area contributed by atoms with E-state index in [9.17, 15) is 29.4 Å². The summed E-state index contributed by atoms with van der Waals surface area (Å²) in [5.74, 6) is -3.26. The number of aromatic hydroxyl groups is 2. The quantitative estimate of drug-likeness (QED) is 0.200. The van der Waals surface area contributed by atoms with Gasteiger partial charge in [-0.1, -0.05) is 44.5 Å². The van der Waals surface area contributed by atoms with Crippen LogP contribution in [-0.4, -0.2) is 63.7 Å². The van der Waals surface area contributed by atoms with Crippen molar-refractivity contribution in [3.8, 4) is 11.5 Å². The molecular weight excluding hydrogens is 480 g/mol. The van der Waals surface area contributed by atoms with Crippen LogP contribution in [0.15, 0.2) is 48.5 Å². The molecule has 0 aliphatic rings. The zero-order valence-corrected chi connectivity index (χ0v) is 20.8. The molecule has 0 spiro atoms. The first-order chi connectivity index (χ1) is 17.5. The van der Waals surface area contributed by atoms with Crippen molar-refractivity contribution in [2.24, 2.45) is 11.7 Å². The first-order valence-corrected chi connectivity index (χ1v) is 11.9. The molecule has 2 aromatic carbocycles. The average molecular weight is 515 g/mol. The van der Waals surface area contributed by atoms with E-state index in [1.807, 2.05) is 13.8 Å². The summed E-state index contributed by atoms with van der Waals surface area (Å²) in [5, 5.41) is 35.6. The highest BCUT2D eigenvalue weighted by atomic mass is 16.4. The molecule has 4 unspecified atom stereocenters. The Kier molecular flexibility index (Phi) is 10.9. The van der Waals surface area contributed by atoms with E-state index < -0.39 is 48.4 Å². The van der Waals surface area contributed by atoms with Crippen LogP contribution in [0.1, 0.15) is 31.4 Å². The monoisotopic (exact) mass is 514 g/mol. The van der Waals surface area contributed by atoms with Crippen LogP contribution in [0.25, 0.3) is 0 Å². The van der Waals surface area contributed by atoms with Crippen molar-refractivity contribution < 1.29 is 34.5 Å². The molecule has 8 N–H and O–H groups in total. The topological polar surface area (TPSA) is 191 Å². The second kappa shape index (κ2) is 13.8. The number of carboxylic acids is 1. The Morgan fingerprint density at radius 2 is 1.22 bits per heavy atom. The number of hydrogen-bond acceptors (Lipinski definition) is 7. The number of hydrogen-bond donors (Lipinski definition) is 7. The number of nitrogens with one attached hydrogen (secondary N) is 3. The lowest BCUT2D eigenvalue weighted by Gasteiger charge is -2.25. The van der Waals surface area contributed by atoms with E-state index in [2.05, 4.69) is 16.0 Å². The standard InChI is InChI=1S/C26H34N4O7/c1-3-15(2)23(27)26(37)30-21(13-17-6-10-19(32)11-7-17)25(36)29-20(24(35)28-14-22(33)34)12-16-4-8-18(31)9-5-16/h4-11,15,20-21,23,31-32H,3,12-14,27H2,1-2H3,(H,28,35)(H,29,36)(H,30,37)(H,33,34). The van der Waals surface area contributed by atoms with Gasteiger partial charge in [0, 0.05) is 12.8 Å². The molecule has 3 amide bonds. The first-order valence-electron chi connectivity index (χ1n) is 11.9. The van der Waals surface area contributed by atoms with Crippen molar-refractivity contribution in [2.45, 2.75) is 51.2 Å². The van der Waals surface area contributed by atoms with Crippen LogP contribution in [0, 0.1) is 5.92 Å². The lowest BCUT2D eigenvalue weighted by atomic mass is 9.98. The largest absolute Gasteiger partial charge is 0.508 e. The fraction of sp³-hybridized carbons (Fsp3) is 0.385. The molecule has 11 heteroatoms. The van der Waals surface area contributed by atoms with E-state index in [-0.39, 0.29) is 30.3 Å². The zero-order valence-electron chi connectivity index (χ0n) is 20.8. The average Bonchev–Trinajstić information content (AvgIpc) is 2.87. The summed E-state index contributed by atoms with van der Waals surface area (Å²) in [7, 11) is 0. The Bertz CT molecular complexity index is 1070. The highest BCUT2D eigenvalue weighted by Crippen LogP contribution is 2.14. The van der Waals surface area contributed by atoms with Gasteiger partial charge in [0.1, 0.15) is 30.1 Å². The van der Waals surface area contributed by atoms with Gasteiger partial charge in [0.05, 0.1) is 6.04 Å². The fourth-order valence-electron chi connectivity index (χ4n) is 3.49. The smallest absolute Gasteiger partial charge is 0.322 e. The van der Waals surface area contributed by atoms with Gasteiger partial charge < -0.3 is 37.0 Å². The predicted octanol–water partition coefficient (Wildman–Crippen LogP) is 0.427. The van der Waals surface area contributed by atoms with E-state index in [4.69, 9.17) is 10.8 Å². The number of rotatable bonds is 13. The summed E-state index contributed by atoms with van der Waals surface area (Å²) in [4.78, 5) is 49.9. The van der Waals surface area contributed by atoms with Crippen molar-refractivity contribution >= 4 is 23.7 Å². The van der Waals surface area contributed by atoms with Crippen molar-refractivity contribution in [2.75, 3.05) is 6.54 Å². The zero-order chi connectivity index (χ0) is 27.5. The maximum Gasteiger partial charge on any atom is 0.322 e. The number of phenols is 2. The van der Waals surface area contributed by atoms with Gasteiger partial charge in [-0.3, -0.25) is 19.2 Å². The van der Waals surface area contributed by atoms with Gasteiger partial charge in [-0.05, 0) is 41.3 Å². The molecule has 4 atom stereocenters. The van der Waals surface area contributed by atoms with E-state index in [1.54, 1.807) is 24.3 Å². The van der Waals surface area contributed by atoms with Crippen molar-refractivity contribution in [1.29, 1.82) is 0 Å². The van der Waals surface area contributed by atoms with Crippen molar-refractivity contribution in [3.05, 3.63) is 59.7 Å². The van der Waals surface area contributed by atoms with E-state index in [1.165, 1.54) is 24.3 Å². The second-order valence-electron chi connectivity index (χ2n) is 8.89. The van der Waals surface area contributed by atoms with Gasteiger partial charge in [0.25, 0.3) is 0 Å². The third kappa shape index (κ3) is 9.45. The van der Waals surface area contributed by atoms with Crippen LogP contribution in [-0.2, 0) is 32.0 Å². The molecule has 37 heavy (non-hydrogen) atoms. The van der Waals surface area contributed by atoms with Crippen molar-refractivity contribution in [3.63, 3.8) is 0 Å². The number of carboxylic acid groups (broad SMARTS) is 1. The van der Waals surface area contributed by atoms with Crippen LogP contribution < -0.4 is 21.7 Å². The Balaban J connectivity index is 2.28. The molecule has 0 aliphatic heterocycles. The first kappa shape index (κ1) is 29.1. The Hall–Kier alpha value is -4.12. The molecule has 0 aromatic heterocycles. The van der Waals surface area contributed by atoms with Gasteiger partial charge in [-0.2, -0.15) is 0 Å². The third-order valence-electron chi connectivity index (χ3n) is 5.99. The van der Waals surface area contributed by atoms with Crippen LogP contribution >= 0.6 is 0 Å². The Morgan fingerprint density at radius 1 is 0.784 bits per heavy atom. The molecule has 0 heterocycles. The molecule has 200 valence electrons. The highest BCUT2D eigenvalue weighted by molar-refractivity contribution is 5.94.